The van der Waals surface area contributed by atoms with Gasteiger partial charge >= 0.3 is 0 Å². The fraction of sp³-hybridized carbons (Fsp3) is 0.100. The highest BCUT2D eigenvalue weighted by atomic mass is 16.6. The maximum absolute atomic E-state index is 12.8. The van der Waals surface area contributed by atoms with E-state index in [0.29, 0.717) is 22.6 Å². The molecule has 9 heteroatoms. The fourth-order valence-electron chi connectivity index (χ4n) is 3.05. The van der Waals surface area contributed by atoms with Crippen LogP contribution in [0.5, 0.6) is 0 Å². The Morgan fingerprint density at radius 1 is 1.10 bits per heavy atom. The Bertz CT molecular complexity index is 1260. The number of hydrogen-bond acceptors (Lipinski definition) is 6. The first-order chi connectivity index (χ1) is 13.9. The number of nitrogens with zero attached hydrogens (tertiary/aromatic N) is 5. The van der Waals surface area contributed by atoms with Crippen LogP contribution in [0.3, 0.4) is 0 Å². The lowest BCUT2D eigenvalue weighted by Crippen LogP contribution is -2.14. The van der Waals surface area contributed by atoms with E-state index in [1.807, 2.05) is 31.2 Å². The van der Waals surface area contributed by atoms with Crippen molar-refractivity contribution >= 4 is 28.2 Å². The molecular weight excluding hydrogens is 372 g/mol. The van der Waals surface area contributed by atoms with Gasteiger partial charge in [-0.1, -0.05) is 29.5 Å². The molecule has 144 valence electrons. The summed E-state index contributed by atoms with van der Waals surface area (Å²) in [5.41, 5.74) is 3.07. The number of benzene rings is 2. The second kappa shape index (κ2) is 7.12. The molecule has 9 nitrogen and oxygen atoms in total. The molecule has 29 heavy (non-hydrogen) atoms. The molecule has 4 aromatic rings. The number of anilines is 1. The average Bonchev–Trinajstić information content (AvgIpc) is 3.10. The summed E-state index contributed by atoms with van der Waals surface area (Å²) in [6, 6.07) is 15.3. The van der Waals surface area contributed by atoms with Gasteiger partial charge in [0.25, 0.3) is 11.6 Å². The van der Waals surface area contributed by atoms with Gasteiger partial charge in [0, 0.05) is 23.2 Å². The van der Waals surface area contributed by atoms with Crippen molar-refractivity contribution < 1.29 is 9.72 Å². The van der Waals surface area contributed by atoms with E-state index in [-0.39, 0.29) is 11.4 Å². The summed E-state index contributed by atoms with van der Waals surface area (Å²) in [6.45, 7) is 3.56. The number of amides is 1. The fourth-order valence-corrected chi connectivity index (χ4v) is 3.05. The highest BCUT2D eigenvalue weighted by molar-refractivity contribution is 6.07. The predicted molar refractivity (Wildman–Crippen MR) is 107 cm³/mol. The quantitative estimate of drug-likeness (QED) is 0.422. The molecule has 0 aliphatic carbocycles. The number of non-ortho nitro benzene ring substituents is 1. The number of aromatic nitrogens is 4. The molecule has 2 aromatic carbocycles. The number of carbonyl (C=O) groups excluding carboxylic acids is 1. The molecule has 2 heterocycles. The van der Waals surface area contributed by atoms with E-state index in [1.165, 1.54) is 16.8 Å². The normalized spacial score (nSPS) is 10.8. The number of carbonyl (C=O) groups is 1. The number of hydrogen-bond donors (Lipinski definition) is 1. The zero-order valence-electron chi connectivity index (χ0n) is 15.7. The molecule has 0 spiro atoms. The molecule has 0 fully saturated rings. The third-order valence-electron chi connectivity index (χ3n) is 4.50. The maximum atomic E-state index is 12.8. The van der Waals surface area contributed by atoms with Gasteiger partial charge in [-0.2, -0.15) is 0 Å². The standard InChI is InChI=1S/C20H16N6O3/c1-12-9-10-14-5-3-8-17(19(14)21-12)22-20(27)18-13(2)25(24-23-18)15-6-4-7-16(11-15)26(28)29/h3-11H,1-2H3,(H,22,27). The Balaban J connectivity index is 1.67. The number of rotatable bonds is 4. The minimum Gasteiger partial charge on any atom is -0.319 e. The number of nitro benzene ring substituents is 1. The summed E-state index contributed by atoms with van der Waals surface area (Å²) in [7, 11) is 0. The molecule has 0 unspecified atom stereocenters. The monoisotopic (exact) mass is 388 g/mol. The van der Waals surface area contributed by atoms with Crippen LogP contribution in [0.1, 0.15) is 21.9 Å². The molecule has 2 aromatic heterocycles. The lowest BCUT2D eigenvalue weighted by Gasteiger charge is -2.08. The Morgan fingerprint density at radius 2 is 1.90 bits per heavy atom. The van der Waals surface area contributed by atoms with Crippen molar-refractivity contribution in [2.75, 3.05) is 5.32 Å². The third-order valence-corrected chi connectivity index (χ3v) is 4.50. The number of aryl methyl sites for hydroxylation is 1. The number of nitrogens with one attached hydrogen (secondary N) is 1. The number of para-hydroxylation sites is 1. The Labute approximate surface area is 165 Å². The van der Waals surface area contributed by atoms with Crippen LogP contribution < -0.4 is 5.32 Å². The molecule has 0 aliphatic rings. The molecule has 0 radical (unpaired) electrons. The summed E-state index contributed by atoms with van der Waals surface area (Å²) in [4.78, 5) is 27.8. The Kier molecular flexibility index (Phi) is 4.47. The number of nitro groups is 1. The van der Waals surface area contributed by atoms with Crippen LogP contribution in [-0.2, 0) is 0 Å². The molecule has 0 atom stereocenters. The first-order valence-electron chi connectivity index (χ1n) is 8.79. The molecular formula is C20H16N6O3. The van der Waals surface area contributed by atoms with Crippen molar-refractivity contribution in [1.82, 2.24) is 20.0 Å². The van der Waals surface area contributed by atoms with Gasteiger partial charge < -0.3 is 5.32 Å². The van der Waals surface area contributed by atoms with Crippen LogP contribution in [0.25, 0.3) is 16.6 Å². The summed E-state index contributed by atoms with van der Waals surface area (Å²) in [5.74, 6) is -0.435. The van der Waals surface area contributed by atoms with E-state index in [9.17, 15) is 14.9 Å². The summed E-state index contributed by atoms with van der Waals surface area (Å²) < 4.78 is 1.40. The van der Waals surface area contributed by atoms with Crippen molar-refractivity contribution in [2.24, 2.45) is 0 Å². The molecule has 1 amide bonds. The summed E-state index contributed by atoms with van der Waals surface area (Å²) >= 11 is 0. The lowest BCUT2D eigenvalue weighted by atomic mass is 10.1. The van der Waals surface area contributed by atoms with E-state index >= 15 is 0 Å². The zero-order chi connectivity index (χ0) is 20.5. The minimum absolute atomic E-state index is 0.0689. The highest BCUT2D eigenvalue weighted by Crippen LogP contribution is 2.23. The van der Waals surface area contributed by atoms with Gasteiger partial charge in [0.2, 0.25) is 0 Å². The maximum Gasteiger partial charge on any atom is 0.278 e. The van der Waals surface area contributed by atoms with E-state index < -0.39 is 10.8 Å². The largest absolute Gasteiger partial charge is 0.319 e. The number of fused-ring (bicyclic) bond motifs is 1. The van der Waals surface area contributed by atoms with Gasteiger partial charge in [-0.15, -0.1) is 5.10 Å². The van der Waals surface area contributed by atoms with Crippen molar-refractivity contribution in [1.29, 1.82) is 0 Å². The lowest BCUT2D eigenvalue weighted by molar-refractivity contribution is -0.384. The SMILES string of the molecule is Cc1ccc2cccc(NC(=O)c3nnn(-c4cccc([N+](=O)[O-])c4)c3C)c2n1. The van der Waals surface area contributed by atoms with Gasteiger partial charge in [-0.25, -0.2) is 4.68 Å². The van der Waals surface area contributed by atoms with Crippen molar-refractivity contribution in [2.45, 2.75) is 13.8 Å². The van der Waals surface area contributed by atoms with Crippen LogP contribution in [0, 0.1) is 24.0 Å². The molecule has 0 saturated heterocycles. The van der Waals surface area contributed by atoms with E-state index in [4.69, 9.17) is 0 Å². The van der Waals surface area contributed by atoms with Gasteiger partial charge in [0.1, 0.15) is 0 Å². The zero-order valence-corrected chi connectivity index (χ0v) is 15.7. The Hall–Kier alpha value is -4.14. The second-order valence-corrected chi connectivity index (χ2v) is 6.50. The van der Waals surface area contributed by atoms with Crippen LogP contribution in [-0.4, -0.2) is 30.8 Å². The minimum atomic E-state index is -0.487. The van der Waals surface area contributed by atoms with Crippen LogP contribution in [0.15, 0.2) is 54.6 Å². The van der Waals surface area contributed by atoms with Gasteiger partial charge in [0.05, 0.1) is 27.5 Å². The van der Waals surface area contributed by atoms with E-state index in [2.05, 4.69) is 20.6 Å². The van der Waals surface area contributed by atoms with Crippen molar-refractivity contribution in [3.63, 3.8) is 0 Å². The molecule has 0 aliphatic heterocycles. The van der Waals surface area contributed by atoms with Gasteiger partial charge in [-0.05, 0) is 32.0 Å². The van der Waals surface area contributed by atoms with E-state index in [1.54, 1.807) is 25.1 Å². The highest BCUT2D eigenvalue weighted by Gasteiger charge is 2.19. The first kappa shape index (κ1) is 18.2. The average molecular weight is 388 g/mol. The second-order valence-electron chi connectivity index (χ2n) is 6.50. The van der Waals surface area contributed by atoms with Crippen molar-refractivity contribution in [3.05, 3.63) is 81.8 Å². The summed E-state index contributed by atoms with van der Waals surface area (Å²) in [5, 5.41) is 22.7. The summed E-state index contributed by atoms with van der Waals surface area (Å²) in [6.07, 6.45) is 0. The van der Waals surface area contributed by atoms with Crippen LogP contribution >= 0.6 is 0 Å². The van der Waals surface area contributed by atoms with Gasteiger partial charge in [-0.3, -0.25) is 19.9 Å². The third kappa shape index (κ3) is 3.41. The molecule has 0 saturated carbocycles. The molecule has 0 bridgehead atoms. The number of pyridine rings is 1. The Morgan fingerprint density at radius 3 is 2.69 bits per heavy atom. The van der Waals surface area contributed by atoms with E-state index in [0.717, 1.165) is 11.1 Å². The molecule has 1 N–H and O–H groups in total. The van der Waals surface area contributed by atoms with Crippen LogP contribution in [0.2, 0.25) is 0 Å². The van der Waals surface area contributed by atoms with Crippen molar-refractivity contribution in [3.8, 4) is 5.69 Å². The topological polar surface area (TPSA) is 116 Å². The molecule has 4 rings (SSSR count). The van der Waals surface area contributed by atoms with Crippen LogP contribution in [0.4, 0.5) is 11.4 Å². The predicted octanol–water partition coefficient (Wildman–Crippen LogP) is 3.59. The van der Waals surface area contributed by atoms with Gasteiger partial charge in [0.15, 0.2) is 5.69 Å². The smallest absolute Gasteiger partial charge is 0.278 e. The first-order valence-corrected chi connectivity index (χ1v) is 8.79.